The molecule has 3 rings (SSSR count). The number of nitrogens with one attached hydrogen (secondary N) is 1. The van der Waals surface area contributed by atoms with E-state index in [1.807, 2.05) is 0 Å². The van der Waals surface area contributed by atoms with Gasteiger partial charge in [0.15, 0.2) is 0 Å². The van der Waals surface area contributed by atoms with Gasteiger partial charge in [-0.25, -0.2) is 0 Å². The van der Waals surface area contributed by atoms with Crippen LogP contribution in [0.4, 0.5) is 24.5 Å². The first kappa shape index (κ1) is 22.3. The summed E-state index contributed by atoms with van der Waals surface area (Å²) in [5, 5.41) is 14.5. The average Bonchev–Trinajstić information content (AvgIpc) is 2.73. The van der Waals surface area contributed by atoms with E-state index in [0.29, 0.717) is 31.9 Å². The molecule has 1 aliphatic rings. The number of carbonyl (C=O) groups is 1. The molecular weight excluding hydrogens is 419 g/mol. The molecule has 11 heteroatoms. The molecule has 0 bridgehead atoms. The van der Waals surface area contributed by atoms with Crippen molar-refractivity contribution >= 4 is 17.3 Å². The van der Waals surface area contributed by atoms with E-state index in [4.69, 9.17) is 4.74 Å². The summed E-state index contributed by atoms with van der Waals surface area (Å²) >= 11 is 0. The fraction of sp³-hybridized carbons (Fsp3) is 0.350. The van der Waals surface area contributed by atoms with E-state index in [1.54, 1.807) is 11.8 Å². The molecule has 1 N–H and O–H groups in total. The first-order valence-corrected chi connectivity index (χ1v) is 9.42. The van der Waals surface area contributed by atoms with Crippen LogP contribution < -0.4 is 10.1 Å². The van der Waals surface area contributed by atoms with Crippen molar-refractivity contribution in [3.05, 3.63) is 63.7 Å². The minimum absolute atomic E-state index is 0.187. The number of carbonyl (C=O) groups excluding carboxylic acids is 1. The largest absolute Gasteiger partial charge is 0.573 e. The van der Waals surface area contributed by atoms with Crippen molar-refractivity contribution in [2.75, 3.05) is 31.6 Å². The minimum Gasteiger partial charge on any atom is -0.406 e. The smallest absolute Gasteiger partial charge is 0.406 e. The van der Waals surface area contributed by atoms with Crippen molar-refractivity contribution < 1.29 is 32.4 Å². The average molecular weight is 439 g/mol. The molecule has 1 saturated heterocycles. The highest BCUT2D eigenvalue weighted by Gasteiger charge is 2.31. The van der Waals surface area contributed by atoms with Gasteiger partial charge in [0.25, 0.3) is 11.6 Å². The van der Waals surface area contributed by atoms with Crippen molar-refractivity contribution in [2.45, 2.75) is 19.3 Å². The molecule has 1 heterocycles. The summed E-state index contributed by atoms with van der Waals surface area (Å²) in [5.74, 6) is -0.674. The second-order valence-corrected chi connectivity index (χ2v) is 6.88. The second-order valence-electron chi connectivity index (χ2n) is 6.88. The van der Waals surface area contributed by atoms with Gasteiger partial charge in [0, 0.05) is 30.8 Å². The van der Waals surface area contributed by atoms with Crippen molar-refractivity contribution in [1.82, 2.24) is 4.90 Å². The van der Waals surface area contributed by atoms with E-state index in [-0.39, 0.29) is 28.6 Å². The molecule has 1 aliphatic heterocycles. The van der Waals surface area contributed by atoms with Crippen LogP contribution in [0, 0.1) is 10.1 Å². The molecule has 0 saturated carbocycles. The Morgan fingerprint density at radius 3 is 2.42 bits per heavy atom. The lowest BCUT2D eigenvalue weighted by Gasteiger charge is -2.27. The number of nitro groups is 1. The van der Waals surface area contributed by atoms with Crippen LogP contribution in [-0.2, 0) is 4.74 Å². The fourth-order valence-electron chi connectivity index (χ4n) is 3.16. The third kappa shape index (κ3) is 5.85. The Morgan fingerprint density at radius 1 is 1.19 bits per heavy atom. The quantitative estimate of drug-likeness (QED) is 0.537. The third-order valence-corrected chi connectivity index (χ3v) is 4.73. The number of benzene rings is 2. The van der Waals surface area contributed by atoms with Crippen LogP contribution in [0.25, 0.3) is 0 Å². The van der Waals surface area contributed by atoms with Crippen LogP contribution in [0.1, 0.15) is 28.9 Å². The number of anilines is 1. The molecule has 1 atom stereocenters. The molecule has 0 unspecified atom stereocenters. The topological polar surface area (TPSA) is 93.9 Å². The number of ether oxygens (including phenoxy) is 2. The van der Waals surface area contributed by atoms with Crippen molar-refractivity contribution in [3.8, 4) is 5.75 Å². The number of hydrogen-bond acceptors (Lipinski definition) is 6. The van der Waals surface area contributed by atoms with Crippen LogP contribution in [0.2, 0.25) is 0 Å². The van der Waals surface area contributed by atoms with E-state index in [2.05, 4.69) is 10.1 Å². The van der Waals surface area contributed by atoms with E-state index >= 15 is 0 Å². The van der Waals surface area contributed by atoms with Crippen LogP contribution in [0.5, 0.6) is 5.75 Å². The van der Waals surface area contributed by atoms with Gasteiger partial charge >= 0.3 is 6.36 Å². The number of halogens is 3. The first-order valence-electron chi connectivity index (χ1n) is 9.42. The zero-order chi connectivity index (χ0) is 22.6. The van der Waals surface area contributed by atoms with Gasteiger partial charge < -0.3 is 19.7 Å². The highest BCUT2D eigenvalue weighted by atomic mass is 19.4. The summed E-state index contributed by atoms with van der Waals surface area (Å²) in [7, 11) is 0. The maximum Gasteiger partial charge on any atom is 0.573 e. The van der Waals surface area contributed by atoms with E-state index in [9.17, 15) is 28.1 Å². The fourth-order valence-corrected chi connectivity index (χ4v) is 3.16. The van der Waals surface area contributed by atoms with Crippen molar-refractivity contribution in [1.29, 1.82) is 0 Å². The van der Waals surface area contributed by atoms with Gasteiger partial charge in [-0.1, -0.05) is 12.1 Å². The maximum absolute atomic E-state index is 12.6. The Kier molecular flexibility index (Phi) is 6.64. The van der Waals surface area contributed by atoms with E-state index < -0.39 is 17.3 Å². The Bertz CT molecular complexity index is 944. The Morgan fingerprint density at radius 2 is 1.84 bits per heavy atom. The molecule has 0 aliphatic carbocycles. The molecule has 2 aromatic carbocycles. The van der Waals surface area contributed by atoms with E-state index in [0.717, 1.165) is 0 Å². The summed E-state index contributed by atoms with van der Waals surface area (Å²) in [6.07, 6.45) is -4.79. The van der Waals surface area contributed by atoms with Crippen LogP contribution in [0.3, 0.4) is 0 Å². The van der Waals surface area contributed by atoms with Gasteiger partial charge in [-0.15, -0.1) is 13.2 Å². The summed E-state index contributed by atoms with van der Waals surface area (Å²) in [4.78, 5) is 25.1. The number of rotatable bonds is 6. The molecule has 1 fully saturated rings. The zero-order valence-electron chi connectivity index (χ0n) is 16.5. The van der Waals surface area contributed by atoms with Crippen molar-refractivity contribution in [3.63, 3.8) is 0 Å². The van der Waals surface area contributed by atoms with Crippen LogP contribution in [0.15, 0.2) is 42.5 Å². The number of alkyl halides is 3. The van der Waals surface area contributed by atoms with Gasteiger partial charge in [0.1, 0.15) is 11.4 Å². The number of amides is 1. The summed E-state index contributed by atoms with van der Waals surface area (Å²) in [6.45, 7) is 3.36. The lowest BCUT2D eigenvalue weighted by molar-refractivity contribution is -0.384. The number of hydrogen-bond donors (Lipinski definition) is 1. The predicted molar refractivity (Wildman–Crippen MR) is 105 cm³/mol. The lowest BCUT2D eigenvalue weighted by Crippen LogP contribution is -2.40. The van der Waals surface area contributed by atoms with Gasteiger partial charge in [0.2, 0.25) is 0 Å². The van der Waals surface area contributed by atoms with Crippen LogP contribution in [-0.4, -0.2) is 48.4 Å². The van der Waals surface area contributed by atoms with Gasteiger partial charge in [0.05, 0.1) is 18.1 Å². The molecular formula is C20H20F3N3O5. The molecule has 0 spiro atoms. The van der Waals surface area contributed by atoms with E-state index in [1.165, 1.54) is 42.5 Å². The Labute approximate surface area is 175 Å². The lowest BCUT2D eigenvalue weighted by atomic mass is 10.1. The normalized spacial score (nSPS) is 15.3. The standard InChI is InChI=1S/C20H20F3N3O5/c1-13(14-2-5-16(6-3-14)31-20(21,22)23)24-17-7-4-15(12-18(17)26(28)29)19(27)25-8-10-30-11-9-25/h2-7,12-13,24H,8-11H2,1H3/t13-/m0/s1. The molecule has 166 valence electrons. The van der Waals surface area contributed by atoms with Crippen LogP contribution >= 0.6 is 0 Å². The van der Waals surface area contributed by atoms with Gasteiger partial charge in [-0.3, -0.25) is 14.9 Å². The maximum atomic E-state index is 12.6. The second kappa shape index (κ2) is 9.21. The highest BCUT2D eigenvalue weighted by molar-refractivity contribution is 5.95. The number of nitrogens with zero attached hydrogens (tertiary/aromatic N) is 2. The predicted octanol–water partition coefficient (Wildman–Crippen LogP) is 4.14. The number of morpholine rings is 1. The molecule has 8 nitrogen and oxygen atoms in total. The highest BCUT2D eigenvalue weighted by Crippen LogP contribution is 2.31. The molecule has 0 radical (unpaired) electrons. The van der Waals surface area contributed by atoms with Crippen molar-refractivity contribution in [2.24, 2.45) is 0 Å². The minimum atomic E-state index is -4.79. The molecule has 31 heavy (non-hydrogen) atoms. The SMILES string of the molecule is C[C@H](Nc1ccc(C(=O)N2CCOCC2)cc1[N+](=O)[O-])c1ccc(OC(F)(F)F)cc1. The summed E-state index contributed by atoms with van der Waals surface area (Å²) in [5.41, 5.74) is 0.701. The molecule has 0 aromatic heterocycles. The monoisotopic (exact) mass is 439 g/mol. The summed E-state index contributed by atoms with van der Waals surface area (Å²) < 4.78 is 45.9. The van der Waals surface area contributed by atoms with Gasteiger partial charge in [-0.05, 0) is 36.8 Å². The Balaban J connectivity index is 1.75. The molecule has 2 aromatic rings. The third-order valence-electron chi connectivity index (χ3n) is 4.73. The molecule has 1 amide bonds. The van der Waals surface area contributed by atoms with Gasteiger partial charge in [-0.2, -0.15) is 0 Å². The number of nitro benzene ring substituents is 1. The summed E-state index contributed by atoms with van der Waals surface area (Å²) in [6, 6.07) is 8.90. The Hall–Kier alpha value is -3.34. The zero-order valence-corrected chi connectivity index (χ0v) is 16.5. The first-order chi connectivity index (χ1) is 14.6.